The van der Waals surface area contributed by atoms with Crippen molar-refractivity contribution < 1.29 is 4.79 Å². The van der Waals surface area contributed by atoms with E-state index >= 15 is 0 Å². The van der Waals surface area contributed by atoms with Gasteiger partial charge in [-0.25, -0.2) is 4.79 Å². The predicted octanol–water partition coefficient (Wildman–Crippen LogP) is 3.54. The first-order chi connectivity index (χ1) is 11.6. The number of aromatic amines is 1. The van der Waals surface area contributed by atoms with Gasteiger partial charge in [-0.3, -0.25) is 5.10 Å². The maximum absolute atomic E-state index is 12.9. The fraction of sp³-hybridized carbons (Fsp3) is 0.444. The number of likely N-dealkylation sites (tertiary alicyclic amines) is 1. The molecule has 6 nitrogen and oxygen atoms in total. The molecule has 0 unspecified atom stereocenters. The minimum Gasteiger partial charge on any atom is -0.377 e. The van der Waals surface area contributed by atoms with E-state index in [-0.39, 0.29) is 12.1 Å². The third-order valence-corrected chi connectivity index (χ3v) is 4.70. The van der Waals surface area contributed by atoms with Crippen LogP contribution in [0.2, 0.25) is 0 Å². The zero-order valence-corrected chi connectivity index (χ0v) is 14.5. The molecule has 1 aromatic heterocycles. The Hall–Kier alpha value is -2.50. The van der Waals surface area contributed by atoms with Gasteiger partial charge in [0.15, 0.2) is 0 Å². The van der Waals surface area contributed by atoms with E-state index in [2.05, 4.69) is 26.5 Å². The van der Waals surface area contributed by atoms with Crippen molar-refractivity contribution in [3.63, 3.8) is 0 Å². The number of rotatable bonds is 3. The van der Waals surface area contributed by atoms with E-state index in [1.807, 2.05) is 50.4 Å². The van der Waals surface area contributed by atoms with Crippen LogP contribution in [0, 0.1) is 6.92 Å². The van der Waals surface area contributed by atoms with Gasteiger partial charge in [-0.15, -0.1) is 0 Å². The predicted molar refractivity (Wildman–Crippen MR) is 96.4 cm³/mol. The van der Waals surface area contributed by atoms with Crippen LogP contribution in [0.5, 0.6) is 0 Å². The van der Waals surface area contributed by atoms with E-state index in [1.165, 1.54) is 0 Å². The SMILES string of the molecule is Cc1c(NC(=O)N2CCCC[C@@H]2c2cn[nH]c2)cccc1N(C)C. The molecule has 1 aromatic carbocycles. The molecule has 1 atom stereocenters. The Morgan fingerprint density at radius 2 is 2.21 bits per heavy atom. The molecule has 0 radical (unpaired) electrons. The maximum atomic E-state index is 12.9. The molecule has 0 bridgehead atoms. The molecular formula is C18H25N5O. The van der Waals surface area contributed by atoms with E-state index in [1.54, 1.807) is 0 Å². The van der Waals surface area contributed by atoms with Crippen molar-refractivity contribution in [2.45, 2.75) is 32.2 Å². The largest absolute Gasteiger partial charge is 0.377 e. The van der Waals surface area contributed by atoms with Crippen LogP contribution in [0.1, 0.15) is 36.4 Å². The number of piperidine rings is 1. The summed E-state index contributed by atoms with van der Waals surface area (Å²) in [7, 11) is 4.01. The van der Waals surface area contributed by atoms with Crippen molar-refractivity contribution in [3.05, 3.63) is 41.7 Å². The highest BCUT2D eigenvalue weighted by Gasteiger charge is 2.28. The zero-order chi connectivity index (χ0) is 17.1. The number of benzene rings is 1. The normalized spacial score (nSPS) is 17.6. The van der Waals surface area contributed by atoms with Crippen LogP contribution < -0.4 is 10.2 Å². The lowest BCUT2D eigenvalue weighted by Crippen LogP contribution is -2.41. The van der Waals surface area contributed by atoms with Crippen molar-refractivity contribution in [3.8, 4) is 0 Å². The second-order valence-electron chi connectivity index (χ2n) is 6.51. The number of aromatic nitrogens is 2. The number of nitrogens with zero attached hydrogens (tertiary/aromatic N) is 3. The lowest BCUT2D eigenvalue weighted by atomic mass is 9.98. The average molecular weight is 327 g/mol. The van der Waals surface area contributed by atoms with Gasteiger partial charge >= 0.3 is 6.03 Å². The van der Waals surface area contributed by atoms with Gasteiger partial charge in [0, 0.05) is 43.8 Å². The first-order valence-electron chi connectivity index (χ1n) is 8.41. The van der Waals surface area contributed by atoms with E-state index in [0.717, 1.165) is 48.3 Å². The van der Waals surface area contributed by atoms with Gasteiger partial charge < -0.3 is 15.1 Å². The molecule has 0 spiro atoms. The van der Waals surface area contributed by atoms with Crippen LogP contribution in [-0.2, 0) is 0 Å². The van der Waals surface area contributed by atoms with Crippen molar-refractivity contribution in [2.75, 3.05) is 30.9 Å². The summed E-state index contributed by atoms with van der Waals surface area (Å²) in [6.07, 6.45) is 6.85. The quantitative estimate of drug-likeness (QED) is 0.906. The topological polar surface area (TPSA) is 64.3 Å². The number of amides is 2. The van der Waals surface area contributed by atoms with Gasteiger partial charge in [-0.2, -0.15) is 5.10 Å². The molecule has 1 aliphatic heterocycles. The monoisotopic (exact) mass is 327 g/mol. The minimum atomic E-state index is -0.0418. The summed E-state index contributed by atoms with van der Waals surface area (Å²) in [5.41, 5.74) is 4.12. The summed E-state index contributed by atoms with van der Waals surface area (Å²) < 4.78 is 0. The van der Waals surface area contributed by atoms with E-state index < -0.39 is 0 Å². The Balaban J connectivity index is 1.80. The van der Waals surface area contributed by atoms with E-state index in [4.69, 9.17) is 0 Å². The molecule has 2 aromatic rings. The van der Waals surface area contributed by atoms with Crippen LogP contribution in [0.3, 0.4) is 0 Å². The maximum Gasteiger partial charge on any atom is 0.322 e. The molecule has 0 aliphatic carbocycles. The van der Waals surface area contributed by atoms with Gasteiger partial charge in [0.05, 0.1) is 12.2 Å². The number of nitrogens with one attached hydrogen (secondary N) is 2. The van der Waals surface area contributed by atoms with Gasteiger partial charge in [0.25, 0.3) is 0 Å². The Labute approximate surface area is 142 Å². The van der Waals surface area contributed by atoms with Crippen LogP contribution in [0.25, 0.3) is 0 Å². The van der Waals surface area contributed by atoms with Crippen molar-refractivity contribution in [2.24, 2.45) is 0 Å². The van der Waals surface area contributed by atoms with Crippen LogP contribution in [-0.4, -0.2) is 41.8 Å². The van der Waals surface area contributed by atoms with E-state index in [0.29, 0.717) is 0 Å². The van der Waals surface area contributed by atoms with Gasteiger partial charge in [0.1, 0.15) is 0 Å². The minimum absolute atomic E-state index is 0.0418. The molecule has 2 amide bonds. The van der Waals surface area contributed by atoms with Gasteiger partial charge in [-0.1, -0.05) is 6.07 Å². The highest BCUT2D eigenvalue weighted by molar-refractivity contribution is 5.91. The molecular weight excluding hydrogens is 302 g/mol. The molecule has 24 heavy (non-hydrogen) atoms. The number of hydrogen-bond acceptors (Lipinski definition) is 3. The third-order valence-electron chi connectivity index (χ3n) is 4.70. The number of carbonyl (C=O) groups excluding carboxylic acids is 1. The molecule has 6 heteroatoms. The highest BCUT2D eigenvalue weighted by atomic mass is 16.2. The molecule has 0 saturated carbocycles. The van der Waals surface area contributed by atoms with Crippen LogP contribution in [0.4, 0.5) is 16.2 Å². The molecule has 1 fully saturated rings. The summed E-state index contributed by atoms with van der Waals surface area (Å²) in [4.78, 5) is 16.9. The number of carbonyl (C=O) groups is 1. The second-order valence-corrected chi connectivity index (χ2v) is 6.51. The van der Waals surface area contributed by atoms with Crippen LogP contribution >= 0.6 is 0 Å². The van der Waals surface area contributed by atoms with Crippen LogP contribution in [0.15, 0.2) is 30.6 Å². The first kappa shape index (κ1) is 16.4. The summed E-state index contributed by atoms with van der Waals surface area (Å²) in [6, 6.07) is 6.04. The second kappa shape index (κ2) is 6.95. The van der Waals surface area contributed by atoms with E-state index in [9.17, 15) is 4.79 Å². The van der Waals surface area contributed by atoms with Gasteiger partial charge in [-0.05, 0) is 43.9 Å². The number of hydrogen-bond donors (Lipinski definition) is 2. The van der Waals surface area contributed by atoms with Gasteiger partial charge in [0.2, 0.25) is 0 Å². The highest BCUT2D eigenvalue weighted by Crippen LogP contribution is 2.32. The Kier molecular flexibility index (Phi) is 4.74. The van der Waals surface area contributed by atoms with Crippen molar-refractivity contribution in [1.82, 2.24) is 15.1 Å². The fourth-order valence-corrected chi connectivity index (χ4v) is 3.39. The van der Waals surface area contributed by atoms with Crippen molar-refractivity contribution >= 4 is 17.4 Å². The summed E-state index contributed by atoms with van der Waals surface area (Å²) in [5, 5.41) is 9.98. The molecule has 128 valence electrons. The Morgan fingerprint density at radius 3 is 2.92 bits per heavy atom. The lowest BCUT2D eigenvalue weighted by Gasteiger charge is -2.35. The summed E-state index contributed by atoms with van der Waals surface area (Å²) >= 11 is 0. The standard InChI is InChI=1S/C18H25N5O/c1-13-15(7-6-9-16(13)22(2)3)21-18(24)23-10-5-4-8-17(23)14-11-19-20-12-14/h6-7,9,11-12,17H,4-5,8,10H2,1-3H3,(H,19,20)(H,21,24)/t17-/m1/s1. The number of H-pyrrole nitrogens is 1. The Morgan fingerprint density at radius 1 is 1.38 bits per heavy atom. The summed E-state index contributed by atoms with van der Waals surface area (Å²) in [5.74, 6) is 0. The molecule has 1 aliphatic rings. The third kappa shape index (κ3) is 3.22. The molecule has 2 heterocycles. The fourth-order valence-electron chi connectivity index (χ4n) is 3.39. The first-order valence-corrected chi connectivity index (χ1v) is 8.41. The molecule has 1 saturated heterocycles. The lowest BCUT2D eigenvalue weighted by molar-refractivity contribution is 0.163. The smallest absolute Gasteiger partial charge is 0.322 e. The molecule has 2 N–H and O–H groups in total. The Bertz CT molecular complexity index is 695. The number of anilines is 2. The van der Waals surface area contributed by atoms with Crippen molar-refractivity contribution in [1.29, 1.82) is 0 Å². The average Bonchev–Trinajstić information content (AvgIpc) is 3.11. The number of urea groups is 1. The zero-order valence-electron chi connectivity index (χ0n) is 14.5. The summed E-state index contributed by atoms with van der Waals surface area (Å²) in [6.45, 7) is 2.81. The molecule has 3 rings (SSSR count).